The lowest BCUT2D eigenvalue weighted by Gasteiger charge is -2.07. The van der Waals surface area contributed by atoms with Crippen molar-refractivity contribution >= 4 is 17.4 Å². The van der Waals surface area contributed by atoms with Crippen LogP contribution >= 0.6 is 11.6 Å². The molecule has 88 valence electrons. The Hall–Kier alpha value is -1.81. The van der Waals surface area contributed by atoms with Gasteiger partial charge in [0.15, 0.2) is 5.82 Å². The summed E-state index contributed by atoms with van der Waals surface area (Å²) in [6, 6.07) is 7.11. The largest absolute Gasteiger partial charge is 0.486 e. The standard InChI is InChI=1S/C12H12ClN3O/c1-8-6-9(2-3-10(8)13)17-7-12-15-5-4-11(14)16-12/h2-6H,7H2,1H3,(H2,14,15,16). The second-order valence-corrected chi connectivity index (χ2v) is 4.00. The molecule has 1 heterocycles. The number of hydrogen-bond donors (Lipinski definition) is 1. The van der Waals surface area contributed by atoms with Crippen molar-refractivity contribution in [2.24, 2.45) is 0 Å². The SMILES string of the molecule is Cc1cc(OCc2nccc(N)n2)ccc1Cl. The van der Waals surface area contributed by atoms with Crippen molar-refractivity contribution in [1.29, 1.82) is 0 Å². The highest BCUT2D eigenvalue weighted by Gasteiger charge is 2.01. The highest BCUT2D eigenvalue weighted by Crippen LogP contribution is 2.21. The van der Waals surface area contributed by atoms with Crippen molar-refractivity contribution in [1.82, 2.24) is 9.97 Å². The maximum absolute atomic E-state index is 5.92. The van der Waals surface area contributed by atoms with Crippen molar-refractivity contribution in [3.63, 3.8) is 0 Å². The summed E-state index contributed by atoms with van der Waals surface area (Å²) in [5, 5.41) is 0.720. The van der Waals surface area contributed by atoms with Gasteiger partial charge in [-0.2, -0.15) is 0 Å². The molecule has 2 N–H and O–H groups in total. The fraction of sp³-hybridized carbons (Fsp3) is 0.167. The average molecular weight is 250 g/mol. The van der Waals surface area contributed by atoms with Gasteiger partial charge in [-0.05, 0) is 36.8 Å². The third kappa shape index (κ3) is 3.07. The average Bonchev–Trinajstić information content (AvgIpc) is 2.31. The van der Waals surface area contributed by atoms with E-state index in [1.54, 1.807) is 18.3 Å². The van der Waals surface area contributed by atoms with Gasteiger partial charge in [0.25, 0.3) is 0 Å². The Bertz CT molecular complexity index is 531. The Morgan fingerprint density at radius 3 is 2.88 bits per heavy atom. The molecule has 4 nitrogen and oxygen atoms in total. The second-order valence-electron chi connectivity index (χ2n) is 3.60. The Labute approximate surface area is 104 Å². The summed E-state index contributed by atoms with van der Waals surface area (Å²) < 4.78 is 5.54. The Morgan fingerprint density at radius 2 is 2.18 bits per heavy atom. The molecule has 0 atom stereocenters. The van der Waals surface area contributed by atoms with E-state index >= 15 is 0 Å². The van der Waals surface area contributed by atoms with E-state index in [0.29, 0.717) is 11.6 Å². The minimum atomic E-state index is 0.284. The summed E-state index contributed by atoms with van der Waals surface area (Å²) in [5.41, 5.74) is 6.52. The molecule has 0 radical (unpaired) electrons. The summed E-state index contributed by atoms with van der Waals surface area (Å²) in [7, 11) is 0. The van der Waals surface area contributed by atoms with Crippen LogP contribution in [0.25, 0.3) is 0 Å². The summed E-state index contributed by atoms with van der Waals surface area (Å²) in [6.45, 7) is 2.21. The van der Waals surface area contributed by atoms with E-state index in [1.165, 1.54) is 0 Å². The first-order valence-corrected chi connectivity index (χ1v) is 5.49. The van der Waals surface area contributed by atoms with E-state index in [1.807, 2.05) is 19.1 Å². The van der Waals surface area contributed by atoms with Gasteiger partial charge in [-0.15, -0.1) is 0 Å². The number of aryl methyl sites for hydroxylation is 1. The zero-order chi connectivity index (χ0) is 12.3. The molecule has 17 heavy (non-hydrogen) atoms. The van der Waals surface area contributed by atoms with Crippen molar-refractivity contribution in [2.45, 2.75) is 13.5 Å². The minimum absolute atomic E-state index is 0.284. The van der Waals surface area contributed by atoms with Gasteiger partial charge in [0.2, 0.25) is 0 Å². The van der Waals surface area contributed by atoms with E-state index < -0.39 is 0 Å². The van der Waals surface area contributed by atoms with E-state index in [0.717, 1.165) is 16.3 Å². The fourth-order valence-corrected chi connectivity index (χ4v) is 1.46. The summed E-state index contributed by atoms with van der Waals surface area (Å²) in [6.07, 6.45) is 1.61. The van der Waals surface area contributed by atoms with Gasteiger partial charge >= 0.3 is 0 Å². The van der Waals surface area contributed by atoms with Crippen molar-refractivity contribution in [2.75, 3.05) is 5.73 Å². The van der Waals surface area contributed by atoms with E-state index in [4.69, 9.17) is 22.1 Å². The molecule has 5 heteroatoms. The monoisotopic (exact) mass is 249 g/mol. The molecule has 0 saturated carbocycles. The van der Waals surface area contributed by atoms with Gasteiger partial charge in [-0.3, -0.25) is 0 Å². The van der Waals surface area contributed by atoms with Crippen LogP contribution in [0.1, 0.15) is 11.4 Å². The topological polar surface area (TPSA) is 61.0 Å². The number of benzene rings is 1. The van der Waals surface area contributed by atoms with Gasteiger partial charge in [0, 0.05) is 11.2 Å². The first kappa shape index (κ1) is 11.7. The summed E-state index contributed by atoms with van der Waals surface area (Å²) in [4.78, 5) is 8.10. The number of hydrogen-bond acceptors (Lipinski definition) is 4. The molecular weight excluding hydrogens is 238 g/mol. The van der Waals surface area contributed by atoms with Gasteiger partial charge in [0.05, 0.1) is 0 Å². The summed E-state index contributed by atoms with van der Waals surface area (Å²) >= 11 is 5.92. The predicted octanol–water partition coefficient (Wildman–Crippen LogP) is 2.60. The minimum Gasteiger partial charge on any atom is -0.486 e. The smallest absolute Gasteiger partial charge is 0.168 e. The van der Waals surface area contributed by atoms with Crippen molar-refractivity contribution < 1.29 is 4.74 Å². The molecule has 2 rings (SSSR count). The van der Waals surface area contributed by atoms with Crippen LogP contribution < -0.4 is 10.5 Å². The lowest BCUT2D eigenvalue weighted by Crippen LogP contribution is -2.03. The van der Waals surface area contributed by atoms with E-state index in [2.05, 4.69) is 9.97 Å². The second kappa shape index (κ2) is 5.01. The van der Waals surface area contributed by atoms with Gasteiger partial charge in [-0.25, -0.2) is 9.97 Å². The summed E-state index contributed by atoms with van der Waals surface area (Å²) in [5.74, 6) is 1.72. The number of aromatic nitrogens is 2. The van der Waals surface area contributed by atoms with Crippen LogP contribution in [0.2, 0.25) is 5.02 Å². The highest BCUT2D eigenvalue weighted by atomic mass is 35.5. The zero-order valence-electron chi connectivity index (χ0n) is 9.35. The maximum Gasteiger partial charge on any atom is 0.168 e. The van der Waals surface area contributed by atoms with Crippen LogP contribution in [0, 0.1) is 6.92 Å². The Morgan fingerprint density at radius 1 is 1.35 bits per heavy atom. The molecule has 0 amide bonds. The van der Waals surface area contributed by atoms with Crippen molar-refractivity contribution in [3.8, 4) is 5.75 Å². The number of halogens is 1. The van der Waals surface area contributed by atoms with Gasteiger partial charge < -0.3 is 10.5 Å². The van der Waals surface area contributed by atoms with Crippen LogP contribution in [0.15, 0.2) is 30.5 Å². The number of ether oxygens (including phenoxy) is 1. The molecule has 0 spiro atoms. The predicted molar refractivity (Wildman–Crippen MR) is 67.0 cm³/mol. The molecule has 1 aromatic carbocycles. The normalized spacial score (nSPS) is 10.2. The first-order valence-electron chi connectivity index (χ1n) is 5.11. The zero-order valence-corrected chi connectivity index (χ0v) is 10.1. The Balaban J connectivity index is 2.05. The van der Waals surface area contributed by atoms with Crippen LogP contribution in [0.5, 0.6) is 5.75 Å². The molecule has 0 aliphatic rings. The number of anilines is 1. The van der Waals surface area contributed by atoms with E-state index in [-0.39, 0.29) is 6.61 Å². The van der Waals surface area contributed by atoms with Crippen LogP contribution in [-0.2, 0) is 6.61 Å². The number of nitrogen functional groups attached to an aromatic ring is 1. The molecule has 0 unspecified atom stereocenters. The maximum atomic E-state index is 5.92. The van der Waals surface area contributed by atoms with Crippen molar-refractivity contribution in [3.05, 3.63) is 46.9 Å². The number of nitrogens with two attached hydrogens (primary N) is 1. The quantitative estimate of drug-likeness (QED) is 0.908. The molecule has 2 aromatic rings. The third-order valence-corrected chi connectivity index (χ3v) is 2.65. The molecule has 0 aliphatic carbocycles. The van der Waals surface area contributed by atoms with E-state index in [9.17, 15) is 0 Å². The van der Waals surface area contributed by atoms with Crippen LogP contribution in [-0.4, -0.2) is 9.97 Å². The van der Waals surface area contributed by atoms with Gasteiger partial charge in [-0.1, -0.05) is 11.6 Å². The first-order chi connectivity index (χ1) is 8.15. The molecule has 1 aromatic heterocycles. The molecule has 0 aliphatic heterocycles. The Kier molecular flexibility index (Phi) is 3.44. The number of rotatable bonds is 3. The lowest BCUT2D eigenvalue weighted by molar-refractivity contribution is 0.296. The third-order valence-electron chi connectivity index (χ3n) is 2.22. The lowest BCUT2D eigenvalue weighted by atomic mass is 10.2. The molecule has 0 saturated heterocycles. The van der Waals surface area contributed by atoms with Crippen LogP contribution in [0.3, 0.4) is 0 Å². The molecule has 0 fully saturated rings. The highest BCUT2D eigenvalue weighted by molar-refractivity contribution is 6.31. The number of nitrogens with zero attached hydrogens (tertiary/aromatic N) is 2. The molecular formula is C12H12ClN3O. The molecule has 0 bridgehead atoms. The fourth-order valence-electron chi connectivity index (χ4n) is 1.34. The van der Waals surface area contributed by atoms with Gasteiger partial charge in [0.1, 0.15) is 18.2 Å². The van der Waals surface area contributed by atoms with Crippen LogP contribution in [0.4, 0.5) is 5.82 Å².